The highest BCUT2D eigenvalue weighted by Gasteiger charge is 2.21. The van der Waals surface area contributed by atoms with E-state index in [9.17, 15) is 15.0 Å². The summed E-state index contributed by atoms with van der Waals surface area (Å²) in [5, 5.41) is 30.5. The Bertz CT molecular complexity index is 395. The quantitative estimate of drug-likeness (QED) is 0.627. The summed E-state index contributed by atoms with van der Waals surface area (Å²) < 4.78 is 0. The Kier molecular flexibility index (Phi) is 3.96. The molecule has 17 heavy (non-hydrogen) atoms. The van der Waals surface area contributed by atoms with E-state index in [1.807, 2.05) is 0 Å². The molecule has 0 bridgehead atoms. The Labute approximate surface area is 99.7 Å². The molecule has 1 amide bonds. The summed E-state index contributed by atoms with van der Waals surface area (Å²) in [7, 11) is 0. The molecule has 0 saturated carbocycles. The van der Waals surface area contributed by atoms with E-state index >= 15 is 0 Å². The first-order valence-electron chi connectivity index (χ1n) is 5.27. The highest BCUT2D eigenvalue weighted by molar-refractivity contribution is 5.99. The van der Waals surface area contributed by atoms with E-state index in [-0.39, 0.29) is 30.2 Å². The normalized spacial score (nSPS) is 11.2. The summed E-state index contributed by atoms with van der Waals surface area (Å²) in [6, 6.07) is 4.09. The smallest absolute Gasteiger partial charge is 0.258 e. The van der Waals surface area contributed by atoms with Gasteiger partial charge in [-0.15, -0.1) is 0 Å². The van der Waals surface area contributed by atoms with Crippen LogP contribution in [0.3, 0.4) is 0 Å². The number of nitrogens with one attached hydrogen (secondary N) is 1. The SMILES string of the molecule is CC(C)(CO)CNC(=O)c1c(O)cccc1O. The topological polar surface area (TPSA) is 89.8 Å². The molecule has 1 aromatic carbocycles. The molecule has 0 aliphatic rings. The molecular weight excluding hydrogens is 222 g/mol. The van der Waals surface area contributed by atoms with Gasteiger partial charge in [0.1, 0.15) is 17.1 Å². The Hall–Kier alpha value is -1.75. The minimum absolute atomic E-state index is 0.0694. The third-order valence-electron chi connectivity index (χ3n) is 2.40. The predicted octanol–water partition coefficient (Wildman–Crippen LogP) is 0.846. The molecule has 0 unspecified atom stereocenters. The van der Waals surface area contributed by atoms with Crippen molar-refractivity contribution in [1.29, 1.82) is 0 Å². The molecule has 94 valence electrons. The van der Waals surface area contributed by atoms with Crippen LogP contribution in [-0.4, -0.2) is 34.4 Å². The Balaban J connectivity index is 2.78. The number of phenols is 2. The van der Waals surface area contributed by atoms with Gasteiger partial charge in [0.05, 0.1) is 0 Å². The van der Waals surface area contributed by atoms with Crippen molar-refractivity contribution < 1.29 is 20.1 Å². The zero-order valence-corrected chi connectivity index (χ0v) is 9.90. The van der Waals surface area contributed by atoms with Crippen molar-refractivity contribution in [3.05, 3.63) is 23.8 Å². The van der Waals surface area contributed by atoms with Gasteiger partial charge in [0.2, 0.25) is 0 Å². The van der Waals surface area contributed by atoms with Gasteiger partial charge in [0.15, 0.2) is 0 Å². The largest absolute Gasteiger partial charge is 0.507 e. The first-order valence-corrected chi connectivity index (χ1v) is 5.27. The number of carbonyl (C=O) groups excluding carboxylic acids is 1. The lowest BCUT2D eigenvalue weighted by Gasteiger charge is -2.22. The second kappa shape index (κ2) is 5.05. The molecule has 0 aliphatic carbocycles. The van der Waals surface area contributed by atoms with Gasteiger partial charge in [-0.05, 0) is 12.1 Å². The van der Waals surface area contributed by atoms with Crippen LogP contribution in [0.2, 0.25) is 0 Å². The molecule has 0 aliphatic heterocycles. The number of amides is 1. The summed E-state index contributed by atoms with van der Waals surface area (Å²) in [5.41, 5.74) is -0.600. The van der Waals surface area contributed by atoms with Crippen molar-refractivity contribution in [3.8, 4) is 11.5 Å². The molecule has 0 radical (unpaired) electrons. The molecule has 0 heterocycles. The highest BCUT2D eigenvalue weighted by Crippen LogP contribution is 2.26. The highest BCUT2D eigenvalue weighted by atomic mass is 16.3. The Morgan fingerprint density at radius 3 is 2.29 bits per heavy atom. The van der Waals surface area contributed by atoms with Crippen molar-refractivity contribution in [1.82, 2.24) is 5.32 Å². The van der Waals surface area contributed by atoms with Crippen molar-refractivity contribution in [2.45, 2.75) is 13.8 Å². The number of aliphatic hydroxyl groups excluding tert-OH is 1. The molecule has 1 aromatic rings. The maximum Gasteiger partial charge on any atom is 0.258 e. The first-order chi connectivity index (χ1) is 7.87. The number of hydrogen-bond acceptors (Lipinski definition) is 4. The maximum atomic E-state index is 11.7. The van der Waals surface area contributed by atoms with Crippen LogP contribution in [0.25, 0.3) is 0 Å². The molecule has 4 N–H and O–H groups in total. The monoisotopic (exact) mass is 239 g/mol. The first kappa shape index (κ1) is 13.3. The molecule has 0 spiro atoms. The van der Waals surface area contributed by atoms with E-state index in [4.69, 9.17) is 5.11 Å². The van der Waals surface area contributed by atoms with Crippen LogP contribution in [0.4, 0.5) is 0 Å². The van der Waals surface area contributed by atoms with Crippen molar-refractivity contribution in [2.75, 3.05) is 13.2 Å². The van der Waals surface area contributed by atoms with Gasteiger partial charge in [0.25, 0.3) is 5.91 Å². The van der Waals surface area contributed by atoms with Crippen LogP contribution in [0.15, 0.2) is 18.2 Å². The van der Waals surface area contributed by atoms with Gasteiger partial charge in [-0.25, -0.2) is 0 Å². The van der Waals surface area contributed by atoms with E-state index in [0.717, 1.165) is 0 Å². The molecule has 5 heteroatoms. The fourth-order valence-corrected chi connectivity index (χ4v) is 1.22. The van der Waals surface area contributed by atoms with Gasteiger partial charge < -0.3 is 20.6 Å². The van der Waals surface area contributed by atoms with Crippen LogP contribution in [0.1, 0.15) is 24.2 Å². The summed E-state index contributed by atoms with van der Waals surface area (Å²) in [6.45, 7) is 3.76. The van der Waals surface area contributed by atoms with Crippen LogP contribution in [-0.2, 0) is 0 Å². The number of aliphatic hydroxyl groups is 1. The Morgan fingerprint density at radius 1 is 1.29 bits per heavy atom. The van der Waals surface area contributed by atoms with Crippen molar-refractivity contribution in [2.24, 2.45) is 5.41 Å². The average molecular weight is 239 g/mol. The van der Waals surface area contributed by atoms with Crippen LogP contribution < -0.4 is 5.32 Å². The summed E-state index contributed by atoms with van der Waals surface area (Å²) >= 11 is 0. The van der Waals surface area contributed by atoms with Crippen molar-refractivity contribution >= 4 is 5.91 Å². The van der Waals surface area contributed by atoms with Gasteiger partial charge in [-0.2, -0.15) is 0 Å². The lowest BCUT2D eigenvalue weighted by molar-refractivity contribution is 0.0905. The summed E-state index contributed by atoms with van der Waals surface area (Å²) in [5.74, 6) is -1.12. The van der Waals surface area contributed by atoms with E-state index in [1.165, 1.54) is 18.2 Å². The van der Waals surface area contributed by atoms with E-state index in [2.05, 4.69) is 5.32 Å². The fourth-order valence-electron chi connectivity index (χ4n) is 1.22. The second-order valence-corrected chi connectivity index (χ2v) is 4.68. The number of phenolic OH excluding ortho intramolecular Hbond substituents is 2. The molecule has 0 atom stereocenters. The van der Waals surface area contributed by atoms with E-state index in [1.54, 1.807) is 13.8 Å². The number of carbonyl (C=O) groups is 1. The van der Waals surface area contributed by atoms with Crippen molar-refractivity contribution in [3.63, 3.8) is 0 Å². The van der Waals surface area contributed by atoms with E-state index in [0.29, 0.717) is 0 Å². The molecule has 1 rings (SSSR count). The standard InChI is InChI=1S/C12H17NO4/c1-12(2,7-14)6-13-11(17)10-8(15)4-3-5-9(10)16/h3-5,14-16H,6-7H2,1-2H3,(H,13,17). The van der Waals surface area contributed by atoms with Gasteiger partial charge in [-0.1, -0.05) is 19.9 Å². The number of benzene rings is 1. The molecule has 0 saturated heterocycles. The minimum Gasteiger partial charge on any atom is -0.507 e. The molecule has 5 nitrogen and oxygen atoms in total. The molecule has 0 aromatic heterocycles. The fraction of sp³-hybridized carbons (Fsp3) is 0.417. The van der Waals surface area contributed by atoms with Crippen LogP contribution >= 0.6 is 0 Å². The lowest BCUT2D eigenvalue weighted by atomic mass is 9.95. The predicted molar refractivity (Wildman–Crippen MR) is 63.0 cm³/mol. The molecular formula is C12H17NO4. The number of hydrogen-bond donors (Lipinski definition) is 4. The number of rotatable bonds is 4. The van der Waals surface area contributed by atoms with Gasteiger partial charge >= 0.3 is 0 Å². The lowest BCUT2D eigenvalue weighted by Crippen LogP contribution is -2.36. The third-order valence-corrected chi connectivity index (χ3v) is 2.40. The van der Waals surface area contributed by atoms with Gasteiger partial charge in [0, 0.05) is 18.6 Å². The average Bonchev–Trinajstić information content (AvgIpc) is 2.26. The molecule has 0 fully saturated rings. The summed E-state index contributed by atoms with van der Waals surface area (Å²) in [6.07, 6.45) is 0. The zero-order chi connectivity index (χ0) is 13.1. The zero-order valence-electron chi connectivity index (χ0n) is 9.90. The second-order valence-electron chi connectivity index (χ2n) is 4.68. The van der Waals surface area contributed by atoms with Crippen LogP contribution in [0, 0.1) is 5.41 Å². The number of aromatic hydroxyl groups is 2. The minimum atomic E-state index is -0.567. The third kappa shape index (κ3) is 3.35. The van der Waals surface area contributed by atoms with Gasteiger partial charge in [-0.3, -0.25) is 4.79 Å². The summed E-state index contributed by atoms with van der Waals surface area (Å²) in [4.78, 5) is 11.7. The maximum absolute atomic E-state index is 11.7. The van der Waals surface area contributed by atoms with E-state index < -0.39 is 11.3 Å². The Morgan fingerprint density at radius 2 is 1.82 bits per heavy atom. The van der Waals surface area contributed by atoms with Crippen LogP contribution in [0.5, 0.6) is 11.5 Å².